The Kier molecular flexibility index (Phi) is 5.62. The van der Waals surface area contributed by atoms with Crippen molar-refractivity contribution in [1.29, 1.82) is 0 Å². The third-order valence-corrected chi connectivity index (χ3v) is 4.05. The summed E-state index contributed by atoms with van der Waals surface area (Å²) in [5.74, 6) is 1.23. The minimum atomic E-state index is 0.140. The molecule has 0 unspecified atom stereocenters. The highest BCUT2D eigenvalue weighted by Crippen LogP contribution is 2.22. The highest BCUT2D eigenvalue weighted by molar-refractivity contribution is 5.78. The summed E-state index contributed by atoms with van der Waals surface area (Å²) in [6.45, 7) is 8.21. The molecular weight excluding hydrogens is 264 g/mol. The van der Waals surface area contributed by atoms with Crippen LogP contribution < -0.4 is 15.4 Å². The summed E-state index contributed by atoms with van der Waals surface area (Å²) in [5, 5.41) is 6.35. The summed E-state index contributed by atoms with van der Waals surface area (Å²) in [6, 6.07) is 6.53. The third-order valence-electron chi connectivity index (χ3n) is 4.05. The number of hydrogen-bond acceptors (Lipinski definition) is 3. The van der Waals surface area contributed by atoms with Gasteiger partial charge in [-0.15, -0.1) is 0 Å². The van der Waals surface area contributed by atoms with Crippen LogP contribution >= 0.6 is 0 Å². The van der Waals surface area contributed by atoms with Crippen LogP contribution in [0, 0.1) is 19.8 Å². The van der Waals surface area contributed by atoms with Crippen LogP contribution in [0.4, 0.5) is 0 Å². The SMILES string of the molecule is Cc1cccc(C)c1OCCNC(=O)[C@H]1CCN[C@@H](C)C1. The van der Waals surface area contributed by atoms with Crippen molar-refractivity contribution in [1.82, 2.24) is 10.6 Å². The van der Waals surface area contributed by atoms with Crippen molar-refractivity contribution in [3.63, 3.8) is 0 Å². The Bertz CT molecular complexity index is 467. The van der Waals surface area contributed by atoms with Crippen LogP contribution in [0.15, 0.2) is 18.2 Å². The van der Waals surface area contributed by atoms with Gasteiger partial charge in [-0.25, -0.2) is 0 Å². The fraction of sp³-hybridized carbons (Fsp3) is 0.588. The molecule has 0 saturated carbocycles. The topological polar surface area (TPSA) is 50.4 Å². The van der Waals surface area contributed by atoms with E-state index in [0.29, 0.717) is 19.2 Å². The molecule has 2 atom stereocenters. The molecule has 0 radical (unpaired) electrons. The van der Waals surface area contributed by atoms with Crippen LogP contribution in [0.3, 0.4) is 0 Å². The zero-order chi connectivity index (χ0) is 15.2. The maximum Gasteiger partial charge on any atom is 0.223 e. The number of amides is 1. The number of ether oxygens (including phenoxy) is 1. The van der Waals surface area contributed by atoms with Crippen LogP contribution in [-0.2, 0) is 4.79 Å². The number of para-hydroxylation sites is 1. The molecule has 4 nitrogen and oxygen atoms in total. The van der Waals surface area contributed by atoms with Gasteiger partial charge < -0.3 is 15.4 Å². The van der Waals surface area contributed by atoms with E-state index < -0.39 is 0 Å². The summed E-state index contributed by atoms with van der Waals surface area (Å²) < 4.78 is 5.80. The largest absolute Gasteiger partial charge is 0.491 e. The number of carbonyl (C=O) groups is 1. The van der Waals surface area contributed by atoms with Gasteiger partial charge in [-0.3, -0.25) is 4.79 Å². The minimum Gasteiger partial charge on any atom is -0.491 e. The lowest BCUT2D eigenvalue weighted by Crippen LogP contribution is -2.43. The molecular formula is C17H26N2O2. The Morgan fingerprint density at radius 1 is 1.38 bits per heavy atom. The molecule has 0 spiro atoms. The van der Waals surface area contributed by atoms with Gasteiger partial charge in [-0.05, 0) is 51.3 Å². The molecule has 1 heterocycles. The van der Waals surface area contributed by atoms with Gasteiger partial charge in [0.25, 0.3) is 0 Å². The Labute approximate surface area is 127 Å². The lowest BCUT2D eigenvalue weighted by Gasteiger charge is -2.27. The molecule has 1 fully saturated rings. The second kappa shape index (κ2) is 7.46. The van der Waals surface area contributed by atoms with Crippen molar-refractivity contribution in [3.8, 4) is 5.75 Å². The van der Waals surface area contributed by atoms with Crippen molar-refractivity contribution in [2.75, 3.05) is 19.7 Å². The first-order valence-corrected chi connectivity index (χ1v) is 7.78. The number of nitrogens with one attached hydrogen (secondary N) is 2. The van der Waals surface area contributed by atoms with E-state index in [-0.39, 0.29) is 11.8 Å². The molecule has 1 aromatic rings. The maximum absolute atomic E-state index is 12.1. The predicted molar refractivity (Wildman–Crippen MR) is 84.6 cm³/mol. The Morgan fingerprint density at radius 3 is 2.76 bits per heavy atom. The maximum atomic E-state index is 12.1. The van der Waals surface area contributed by atoms with Crippen LogP contribution in [0.5, 0.6) is 5.75 Å². The van der Waals surface area contributed by atoms with E-state index in [2.05, 4.69) is 17.6 Å². The van der Waals surface area contributed by atoms with Gasteiger partial charge in [0.15, 0.2) is 0 Å². The standard InChI is InChI=1S/C17H26N2O2/c1-12-5-4-6-13(2)16(12)21-10-9-19-17(20)15-7-8-18-14(3)11-15/h4-6,14-15,18H,7-11H2,1-3H3,(H,19,20)/t14-,15-/m0/s1. The minimum absolute atomic E-state index is 0.140. The molecule has 4 heteroatoms. The monoisotopic (exact) mass is 290 g/mol. The van der Waals surface area contributed by atoms with E-state index in [1.54, 1.807) is 0 Å². The molecule has 1 aliphatic heterocycles. The second-order valence-electron chi connectivity index (χ2n) is 5.94. The first-order chi connectivity index (χ1) is 10.1. The van der Waals surface area contributed by atoms with E-state index in [1.165, 1.54) is 0 Å². The number of aryl methyl sites for hydroxylation is 2. The quantitative estimate of drug-likeness (QED) is 0.817. The van der Waals surface area contributed by atoms with Gasteiger partial charge in [0.05, 0.1) is 6.54 Å². The molecule has 1 saturated heterocycles. The van der Waals surface area contributed by atoms with Crippen molar-refractivity contribution in [3.05, 3.63) is 29.3 Å². The van der Waals surface area contributed by atoms with E-state index in [0.717, 1.165) is 36.3 Å². The van der Waals surface area contributed by atoms with Gasteiger partial charge in [0, 0.05) is 12.0 Å². The molecule has 0 aliphatic carbocycles. The molecule has 1 amide bonds. The molecule has 1 aliphatic rings. The molecule has 2 rings (SSSR count). The van der Waals surface area contributed by atoms with E-state index in [9.17, 15) is 4.79 Å². The number of rotatable bonds is 5. The number of hydrogen-bond donors (Lipinski definition) is 2. The second-order valence-corrected chi connectivity index (χ2v) is 5.94. The summed E-state index contributed by atoms with van der Waals surface area (Å²) >= 11 is 0. The summed E-state index contributed by atoms with van der Waals surface area (Å²) in [5.41, 5.74) is 2.27. The van der Waals surface area contributed by atoms with E-state index in [1.807, 2.05) is 32.0 Å². The first kappa shape index (κ1) is 15.8. The van der Waals surface area contributed by atoms with Crippen LogP contribution in [0.2, 0.25) is 0 Å². The average Bonchev–Trinajstić information content (AvgIpc) is 2.45. The van der Waals surface area contributed by atoms with Gasteiger partial charge >= 0.3 is 0 Å². The van der Waals surface area contributed by atoms with Crippen molar-refractivity contribution in [2.24, 2.45) is 5.92 Å². The Morgan fingerprint density at radius 2 is 2.10 bits per heavy atom. The Hall–Kier alpha value is -1.55. The number of piperidine rings is 1. The lowest BCUT2D eigenvalue weighted by atomic mass is 9.92. The van der Waals surface area contributed by atoms with Crippen LogP contribution in [0.25, 0.3) is 0 Å². The smallest absolute Gasteiger partial charge is 0.223 e. The average molecular weight is 290 g/mol. The molecule has 116 valence electrons. The number of carbonyl (C=O) groups excluding carboxylic acids is 1. The summed E-state index contributed by atoms with van der Waals surface area (Å²) in [7, 11) is 0. The summed E-state index contributed by atoms with van der Waals surface area (Å²) in [4.78, 5) is 12.1. The van der Waals surface area contributed by atoms with Crippen LogP contribution in [0.1, 0.15) is 30.9 Å². The van der Waals surface area contributed by atoms with Gasteiger partial charge in [0.1, 0.15) is 12.4 Å². The van der Waals surface area contributed by atoms with E-state index >= 15 is 0 Å². The van der Waals surface area contributed by atoms with Gasteiger partial charge in [0.2, 0.25) is 5.91 Å². The highest BCUT2D eigenvalue weighted by atomic mass is 16.5. The Balaban J connectivity index is 1.73. The first-order valence-electron chi connectivity index (χ1n) is 7.78. The molecule has 0 bridgehead atoms. The van der Waals surface area contributed by atoms with Crippen molar-refractivity contribution < 1.29 is 9.53 Å². The highest BCUT2D eigenvalue weighted by Gasteiger charge is 2.24. The zero-order valence-corrected chi connectivity index (χ0v) is 13.2. The number of benzene rings is 1. The van der Waals surface area contributed by atoms with Gasteiger partial charge in [-0.1, -0.05) is 18.2 Å². The fourth-order valence-corrected chi connectivity index (χ4v) is 2.87. The van der Waals surface area contributed by atoms with Crippen molar-refractivity contribution >= 4 is 5.91 Å². The zero-order valence-electron chi connectivity index (χ0n) is 13.2. The third kappa shape index (κ3) is 4.46. The molecule has 21 heavy (non-hydrogen) atoms. The lowest BCUT2D eigenvalue weighted by molar-refractivity contribution is -0.126. The normalized spacial score (nSPS) is 21.9. The van der Waals surface area contributed by atoms with Crippen LogP contribution in [-0.4, -0.2) is 31.6 Å². The predicted octanol–water partition coefficient (Wildman–Crippen LogP) is 2.19. The fourth-order valence-electron chi connectivity index (χ4n) is 2.87. The molecule has 1 aromatic carbocycles. The summed E-state index contributed by atoms with van der Waals surface area (Å²) in [6.07, 6.45) is 1.84. The molecule has 2 N–H and O–H groups in total. The van der Waals surface area contributed by atoms with Crippen molar-refractivity contribution in [2.45, 2.75) is 39.7 Å². The molecule has 0 aromatic heterocycles. The van der Waals surface area contributed by atoms with Gasteiger partial charge in [-0.2, -0.15) is 0 Å². The van der Waals surface area contributed by atoms with E-state index in [4.69, 9.17) is 4.74 Å².